The molecule has 0 saturated heterocycles. The molecule has 0 bridgehead atoms. The van der Waals surface area contributed by atoms with E-state index in [1.54, 1.807) is 0 Å². The molecule has 0 fully saturated rings. The first-order valence-corrected chi connectivity index (χ1v) is 23.9. The Morgan fingerprint density at radius 2 is 0.912 bits per heavy atom. The molecule has 0 unspecified atom stereocenters. The van der Waals surface area contributed by atoms with Crippen molar-refractivity contribution in [2.75, 3.05) is 53.7 Å². The second kappa shape index (κ2) is 43.4. The maximum atomic E-state index is 12.4. The van der Waals surface area contributed by atoms with E-state index in [9.17, 15) is 14.4 Å². The van der Waals surface area contributed by atoms with Crippen molar-refractivity contribution < 1.29 is 33.3 Å². The second-order valence-electron chi connectivity index (χ2n) is 16.4. The third kappa shape index (κ3) is 40.4. The van der Waals surface area contributed by atoms with Gasteiger partial charge in [-0.1, -0.05) is 149 Å². The SMILES string of the molecule is CCCCCCCCCC(=O)OCCCCCCCCOC/C=C\C(OCCCCCCCCC(=O)CCCCCCCC)=C(/CC)COC(=O)CCCN(C)C. The predicted octanol–water partition coefficient (Wildman–Crippen LogP) is 13.2. The number of ketones is 1. The fourth-order valence-corrected chi connectivity index (χ4v) is 6.74. The van der Waals surface area contributed by atoms with Crippen LogP contribution in [0.1, 0.15) is 220 Å². The Morgan fingerprint density at radius 3 is 1.44 bits per heavy atom. The van der Waals surface area contributed by atoms with Crippen molar-refractivity contribution in [1.29, 1.82) is 0 Å². The molecule has 8 heteroatoms. The van der Waals surface area contributed by atoms with Gasteiger partial charge in [0.2, 0.25) is 0 Å². The van der Waals surface area contributed by atoms with Gasteiger partial charge in [0.25, 0.3) is 0 Å². The van der Waals surface area contributed by atoms with Crippen LogP contribution in [-0.4, -0.2) is 76.3 Å². The smallest absolute Gasteiger partial charge is 0.306 e. The average Bonchev–Trinajstić information content (AvgIpc) is 3.19. The van der Waals surface area contributed by atoms with E-state index < -0.39 is 0 Å². The molecule has 0 aliphatic rings. The Bertz CT molecular complexity index is 992. The minimum absolute atomic E-state index is 0.0362. The quantitative estimate of drug-likeness (QED) is 0.0260. The largest absolute Gasteiger partial charge is 0.494 e. The molecule has 0 aromatic carbocycles. The molecular weight excluding hydrogens is 715 g/mol. The molecular formula is C49H91NO7. The number of hydrogen-bond acceptors (Lipinski definition) is 8. The molecule has 0 saturated carbocycles. The minimum atomic E-state index is -0.170. The third-order valence-corrected chi connectivity index (χ3v) is 10.5. The van der Waals surface area contributed by atoms with Crippen LogP contribution < -0.4 is 0 Å². The van der Waals surface area contributed by atoms with Gasteiger partial charge in [-0.05, 0) is 78.1 Å². The summed E-state index contributed by atoms with van der Waals surface area (Å²) in [6.07, 6.45) is 36.9. The topological polar surface area (TPSA) is 91.4 Å². The highest BCUT2D eigenvalue weighted by atomic mass is 16.5. The van der Waals surface area contributed by atoms with Crippen LogP contribution in [0.5, 0.6) is 0 Å². The molecule has 0 aromatic rings. The van der Waals surface area contributed by atoms with Gasteiger partial charge in [0, 0.05) is 37.9 Å². The lowest BCUT2D eigenvalue weighted by molar-refractivity contribution is -0.144. The molecule has 0 atom stereocenters. The molecule has 8 nitrogen and oxygen atoms in total. The van der Waals surface area contributed by atoms with E-state index in [4.69, 9.17) is 18.9 Å². The summed E-state index contributed by atoms with van der Waals surface area (Å²) in [6.45, 7) is 10.1. The van der Waals surface area contributed by atoms with Gasteiger partial charge in [-0.25, -0.2) is 0 Å². The van der Waals surface area contributed by atoms with Crippen molar-refractivity contribution in [3.63, 3.8) is 0 Å². The van der Waals surface area contributed by atoms with Crippen LogP contribution in [-0.2, 0) is 33.3 Å². The minimum Gasteiger partial charge on any atom is -0.494 e. The van der Waals surface area contributed by atoms with E-state index in [1.165, 1.54) is 70.6 Å². The van der Waals surface area contributed by atoms with E-state index >= 15 is 0 Å². The number of ether oxygens (including phenoxy) is 4. The van der Waals surface area contributed by atoms with Gasteiger partial charge in [0.05, 0.1) is 19.8 Å². The molecule has 0 heterocycles. The number of carbonyl (C=O) groups excluding carboxylic acids is 3. The van der Waals surface area contributed by atoms with Crippen LogP contribution in [0, 0.1) is 0 Å². The lowest BCUT2D eigenvalue weighted by atomic mass is 10.0. The van der Waals surface area contributed by atoms with Crippen molar-refractivity contribution in [3.05, 3.63) is 23.5 Å². The standard InChI is InChI=1S/C49H91NO7/c1-6-9-11-13-15-22-28-37-48(52)56-43-31-25-19-18-23-29-40-54-41-33-36-47(45(8-3)44-57-49(53)38-32-39-50(4)5)55-42-30-24-17-16-21-27-35-46(51)34-26-20-14-12-10-7-2/h33,36H,6-32,34-35,37-44H2,1-5H3/b36-33-,47-45-. The van der Waals surface area contributed by atoms with Crippen LogP contribution in [0.25, 0.3) is 0 Å². The summed E-state index contributed by atoms with van der Waals surface area (Å²) in [7, 11) is 4.01. The average molecular weight is 806 g/mol. The number of allylic oxidation sites excluding steroid dienone is 1. The zero-order valence-electron chi connectivity index (χ0n) is 38.1. The Balaban J connectivity index is 4.35. The number of carbonyl (C=O) groups is 3. The Hall–Kier alpha value is -2.19. The number of hydrogen-bond donors (Lipinski definition) is 0. The van der Waals surface area contributed by atoms with E-state index in [0.717, 1.165) is 140 Å². The van der Waals surface area contributed by atoms with E-state index in [-0.39, 0.29) is 18.5 Å². The Labute approximate surface area is 352 Å². The van der Waals surface area contributed by atoms with Crippen molar-refractivity contribution in [3.8, 4) is 0 Å². The van der Waals surface area contributed by atoms with Gasteiger partial charge in [0.15, 0.2) is 0 Å². The summed E-state index contributed by atoms with van der Waals surface area (Å²) < 4.78 is 23.3. The molecule has 334 valence electrons. The monoisotopic (exact) mass is 806 g/mol. The highest BCUT2D eigenvalue weighted by Crippen LogP contribution is 2.17. The maximum Gasteiger partial charge on any atom is 0.306 e. The number of rotatable bonds is 44. The summed E-state index contributed by atoms with van der Waals surface area (Å²) >= 11 is 0. The van der Waals surface area contributed by atoms with E-state index in [0.29, 0.717) is 38.4 Å². The molecule has 0 aromatic heterocycles. The van der Waals surface area contributed by atoms with Crippen molar-refractivity contribution in [2.45, 2.75) is 220 Å². The molecule has 0 N–H and O–H groups in total. The van der Waals surface area contributed by atoms with Gasteiger partial charge in [-0.2, -0.15) is 0 Å². The summed E-state index contributed by atoms with van der Waals surface area (Å²) in [5.74, 6) is 1.02. The van der Waals surface area contributed by atoms with Gasteiger partial charge in [0.1, 0.15) is 18.1 Å². The molecule has 0 spiro atoms. The molecule has 0 radical (unpaired) electrons. The van der Waals surface area contributed by atoms with Gasteiger partial charge in [-0.3, -0.25) is 14.4 Å². The highest BCUT2D eigenvalue weighted by Gasteiger charge is 2.10. The number of unbranched alkanes of at least 4 members (excludes halogenated alkanes) is 21. The lowest BCUT2D eigenvalue weighted by Gasteiger charge is -2.14. The van der Waals surface area contributed by atoms with E-state index in [1.807, 2.05) is 26.2 Å². The Kier molecular flexibility index (Phi) is 41.7. The lowest BCUT2D eigenvalue weighted by Crippen LogP contribution is -2.16. The first kappa shape index (κ1) is 54.8. The van der Waals surface area contributed by atoms with E-state index in [2.05, 4.69) is 25.7 Å². The predicted molar refractivity (Wildman–Crippen MR) is 239 cm³/mol. The first-order chi connectivity index (χ1) is 27.8. The van der Waals surface area contributed by atoms with Crippen LogP contribution in [0.2, 0.25) is 0 Å². The fourth-order valence-electron chi connectivity index (χ4n) is 6.74. The first-order valence-electron chi connectivity index (χ1n) is 23.9. The summed E-state index contributed by atoms with van der Waals surface area (Å²) in [6, 6.07) is 0. The maximum absolute atomic E-state index is 12.4. The molecule has 0 amide bonds. The van der Waals surface area contributed by atoms with Gasteiger partial charge in [-0.15, -0.1) is 0 Å². The fraction of sp³-hybridized carbons (Fsp3) is 0.857. The second-order valence-corrected chi connectivity index (χ2v) is 16.4. The molecule has 57 heavy (non-hydrogen) atoms. The molecule has 0 aliphatic heterocycles. The molecule has 0 aliphatic carbocycles. The van der Waals surface area contributed by atoms with Gasteiger partial charge < -0.3 is 23.8 Å². The van der Waals surface area contributed by atoms with Crippen molar-refractivity contribution in [2.24, 2.45) is 0 Å². The van der Waals surface area contributed by atoms with Crippen LogP contribution in [0.3, 0.4) is 0 Å². The molecule has 0 rings (SSSR count). The number of esters is 2. The highest BCUT2D eigenvalue weighted by molar-refractivity contribution is 5.78. The van der Waals surface area contributed by atoms with Crippen molar-refractivity contribution >= 4 is 17.7 Å². The van der Waals surface area contributed by atoms with Gasteiger partial charge >= 0.3 is 11.9 Å². The van der Waals surface area contributed by atoms with Crippen LogP contribution >= 0.6 is 0 Å². The Morgan fingerprint density at radius 1 is 0.474 bits per heavy atom. The van der Waals surface area contributed by atoms with Crippen molar-refractivity contribution in [1.82, 2.24) is 4.90 Å². The summed E-state index contributed by atoms with van der Waals surface area (Å²) in [4.78, 5) is 38.6. The number of nitrogens with zero attached hydrogens (tertiary/aromatic N) is 1. The summed E-state index contributed by atoms with van der Waals surface area (Å²) in [5, 5.41) is 0. The van der Waals surface area contributed by atoms with Crippen LogP contribution in [0.4, 0.5) is 0 Å². The summed E-state index contributed by atoms with van der Waals surface area (Å²) in [5.41, 5.74) is 0.987. The third-order valence-electron chi connectivity index (χ3n) is 10.5. The zero-order valence-corrected chi connectivity index (χ0v) is 38.1. The normalized spacial score (nSPS) is 12.0. The zero-order chi connectivity index (χ0) is 41.9. The van der Waals surface area contributed by atoms with Crippen LogP contribution in [0.15, 0.2) is 23.5 Å². The number of Topliss-reactive ketones (excluding diaryl/α,β-unsaturated/α-hetero) is 1.